The van der Waals surface area contributed by atoms with Gasteiger partial charge in [0.25, 0.3) is 0 Å². The topological polar surface area (TPSA) is 13.1 Å². The van der Waals surface area contributed by atoms with Crippen molar-refractivity contribution in [2.24, 2.45) is 0 Å². The molecule has 1 aromatic heterocycles. The van der Waals surface area contributed by atoms with Gasteiger partial charge in [-0.05, 0) is 106 Å². The predicted molar refractivity (Wildman–Crippen MR) is 218 cm³/mol. The third-order valence-corrected chi connectivity index (χ3v) is 10.3. The summed E-state index contributed by atoms with van der Waals surface area (Å²) in [5.41, 5.74) is 5.08. The van der Waals surface area contributed by atoms with Gasteiger partial charge in [0.1, 0.15) is 11.2 Å². The number of hydrogen-bond donors (Lipinski definition) is 0. The maximum atomic E-state index is 9.49. The monoisotopic (exact) mass is 654 g/mol. The molecule has 0 unspecified atom stereocenters. The van der Waals surface area contributed by atoms with Gasteiger partial charge in [0, 0.05) is 16.2 Å². The molecule has 11 aromatic rings. The zero-order chi connectivity index (χ0) is 40.4. The highest BCUT2D eigenvalue weighted by Crippen LogP contribution is 2.46. The van der Waals surface area contributed by atoms with Crippen LogP contribution in [0.3, 0.4) is 0 Å². The minimum atomic E-state index is -0.437. The maximum absolute atomic E-state index is 9.49. The Labute approximate surface area is 305 Å². The molecule has 0 aliphatic rings. The first-order valence-electron chi connectivity index (χ1n) is 20.9. The second-order valence-electron chi connectivity index (χ2n) is 13.0. The molecule has 0 saturated heterocycles. The van der Waals surface area contributed by atoms with Gasteiger partial charge in [0.15, 0.2) is 0 Å². The molecular weight excluding hydrogens is 617 g/mol. The Kier molecular flexibility index (Phi) is 4.57. The Morgan fingerprint density at radius 3 is 1.57 bits per heavy atom. The van der Waals surface area contributed by atoms with E-state index in [0.717, 1.165) is 54.2 Å². The molecule has 0 saturated carbocycles. The van der Waals surface area contributed by atoms with E-state index in [9.17, 15) is 5.48 Å². The molecule has 0 bridgehead atoms. The van der Waals surface area contributed by atoms with E-state index >= 15 is 0 Å². The largest absolute Gasteiger partial charge is 0.455 e. The zero-order valence-corrected chi connectivity index (χ0v) is 27.1. The molecule has 0 radical (unpaired) electrons. The average molecular weight is 655 g/mol. The van der Waals surface area contributed by atoms with E-state index in [4.69, 9.17) is 9.90 Å². The molecule has 0 aliphatic heterocycles. The molecule has 1 nitrogen and oxygen atoms in total. The Bertz CT molecular complexity index is 3570. The van der Waals surface area contributed by atoms with Gasteiger partial charge >= 0.3 is 0 Å². The van der Waals surface area contributed by atoms with Gasteiger partial charge in [-0.25, -0.2) is 0 Å². The van der Waals surface area contributed by atoms with Gasteiger partial charge in [-0.3, -0.25) is 0 Å². The molecular formula is C50H30O. The first-order chi connectivity index (χ1) is 28.6. The van der Waals surface area contributed by atoms with E-state index in [2.05, 4.69) is 30.3 Å². The van der Waals surface area contributed by atoms with Crippen molar-refractivity contribution in [3.05, 3.63) is 182 Å². The van der Waals surface area contributed by atoms with Gasteiger partial charge in [0.05, 0.1) is 11.0 Å². The third kappa shape index (κ3) is 4.22. The van der Waals surface area contributed by atoms with Crippen LogP contribution < -0.4 is 0 Å². The van der Waals surface area contributed by atoms with E-state index in [1.54, 1.807) is 0 Å². The lowest BCUT2D eigenvalue weighted by molar-refractivity contribution is 0.673. The normalized spacial score (nSPS) is 14.1. The number of hydrogen-bond acceptors (Lipinski definition) is 1. The summed E-state index contributed by atoms with van der Waals surface area (Å²) in [6.07, 6.45) is 0. The summed E-state index contributed by atoms with van der Waals surface area (Å²) in [4.78, 5) is 0. The van der Waals surface area contributed by atoms with Gasteiger partial charge < -0.3 is 4.42 Å². The maximum Gasteiger partial charge on any atom is 0.143 e. The summed E-state index contributed by atoms with van der Waals surface area (Å²) < 4.78 is 80.1. The van der Waals surface area contributed by atoms with Crippen LogP contribution in [0.5, 0.6) is 0 Å². The number of benzene rings is 10. The quantitative estimate of drug-likeness (QED) is 0.136. The molecule has 0 atom stereocenters. The van der Waals surface area contributed by atoms with E-state index in [1.165, 1.54) is 0 Å². The molecule has 1 heteroatoms. The molecule has 51 heavy (non-hydrogen) atoms. The second-order valence-corrected chi connectivity index (χ2v) is 13.0. The highest BCUT2D eigenvalue weighted by molar-refractivity contribution is 6.24. The van der Waals surface area contributed by atoms with Crippen LogP contribution in [0, 0.1) is 0 Å². The van der Waals surface area contributed by atoms with Gasteiger partial charge in [-0.2, -0.15) is 0 Å². The van der Waals surface area contributed by atoms with Crippen molar-refractivity contribution in [2.75, 3.05) is 0 Å². The van der Waals surface area contributed by atoms with Crippen LogP contribution in [-0.2, 0) is 0 Å². The summed E-state index contributed by atoms with van der Waals surface area (Å²) in [5.74, 6) is 0. The van der Waals surface area contributed by atoms with Gasteiger partial charge in [0.2, 0.25) is 0 Å². The van der Waals surface area contributed by atoms with Crippen LogP contribution in [0.1, 0.15) is 11.0 Å². The Balaban J connectivity index is 1.31. The van der Waals surface area contributed by atoms with Crippen molar-refractivity contribution in [3.8, 4) is 33.4 Å². The van der Waals surface area contributed by atoms with Crippen LogP contribution in [0.4, 0.5) is 0 Å². The third-order valence-electron chi connectivity index (χ3n) is 10.3. The van der Waals surface area contributed by atoms with E-state index in [1.807, 2.05) is 103 Å². The van der Waals surface area contributed by atoms with Gasteiger partial charge in [-0.15, -0.1) is 0 Å². The average Bonchev–Trinajstić information content (AvgIpc) is 3.65. The summed E-state index contributed by atoms with van der Waals surface area (Å²) in [6.45, 7) is 0. The fourth-order valence-corrected chi connectivity index (χ4v) is 7.97. The number of rotatable bonds is 3. The molecule has 10 aromatic carbocycles. The lowest BCUT2D eigenvalue weighted by Gasteiger charge is -2.18. The Morgan fingerprint density at radius 1 is 0.353 bits per heavy atom. The van der Waals surface area contributed by atoms with Crippen molar-refractivity contribution in [1.29, 1.82) is 0 Å². The second kappa shape index (κ2) is 10.9. The van der Waals surface area contributed by atoms with Crippen LogP contribution >= 0.6 is 0 Å². The standard InChI is InChI=1S/C50H30O/c1-2-12-31(13-3-1)44-30-46-45-29-35(26-27-47(45)51-50(46)42-21-11-6-16-37(42)44)49-40-19-9-7-17-38(40)48(39-18-8-10-20-41(39)49)34-25-24-33-23-22-32-14-4-5-15-36(32)43(33)28-34/h1-30H/i7D,8D,9D,10D,17D,18D,19D,20D. The zero-order valence-electron chi connectivity index (χ0n) is 35.1. The molecule has 0 amide bonds. The Morgan fingerprint density at radius 2 is 0.882 bits per heavy atom. The van der Waals surface area contributed by atoms with Crippen molar-refractivity contribution >= 4 is 75.8 Å². The van der Waals surface area contributed by atoms with E-state index < -0.39 is 24.2 Å². The minimum Gasteiger partial charge on any atom is -0.455 e. The lowest BCUT2D eigenvalue weighted by atomic mass is 9.85. The van der Waals surface area contributed by atoms with Crippen molar-refractivity contribution in [3.63, 3.8) is 0 Å². The van der Waals surface area contributed by atoms with Crippen molar-refractivity contribution in [1.82, 2.24) is 0 Å². The lowest BCUT2D eigenvalue weighted by Crippen LogP contribution is -1.91. The molecule has 236 valence electrons. The summed E-state index contributed by atoms with van der Waals surface area (Å²) in [7, 11) is 0. The first-order valence-corrected chi connectivity index (χ1v) is 16.9. The SMILES string of the molecule is [2H]c1c([2H])c([2H])c2c(-c3ccc4oc5c6ccccc6c(-c6ccccc6)cc5c4c3)c3c([2H])c([2H])c([2H])c([2H])c3c(-c3ccc4ccc5ccccc5c4c3)c2c1[2H]. The molecule has 1 heterocycles. The van der Waals surface area contributed by atoms with Crippen molar-refractivity contribution in [2.45, 2.75) is 0 Å². The number of furan rings is 1. The van der Waals surface area contributed by atoms with Gasteiger partial charge in [-0.1, -0.05) is 158 Å². The highest BCUT2D eigenvalue weighted by Gasteiger charge is 2.20. The predicted octanol–water partition coefficient (Wildman–Crippen LogP) is 14.4. The molecule has 0 fully saturated rings. The summed E-state index contributed by atoms with van der Waals surface area (Å²) in [5, 5.41) is 8.16. The molecule has 0 N–H and O–H groups in total. The summed E-state index contributed by atoms with van der Waals surface area (Å²) >= 11 is 0. The molecule has 11 rings (SSSR count). The van der Waals surface area contributed by atoms with Crippen LogP contribution in [0.15, 0.2) is 186 Å². The molecule has 0 aliphatic carbocycles. The smallest absolute Gasteiger partial charge is 0.143 e. The molecule has 0 spiro atoms. The van der Waals surface area contributed by atoms with Crippen LogP contribution in [0.25, 0.3) is 109 Å². The van der Waals surface area contributed by atoms with Crippen LogP contribution in [0.2, 0.25) is 0 Å². The first kappa shape index (κ1) is 21.4. The van der Waals surface area contributed by atoms with E-state index in [0.29, 0.717) is 33.4 Å². The fraction of sp³-hybridized carbons (Fsp3) is 0. The number of fused-ring (bicyclic) bond motifs is 10. The Hall–Kier alpha value is -6.70. The van der Waals surface area contributed by atoms with Crippen LogP contribution in [-0.4, -0.2) is 0 Å². The van der Waals surface area contributed by atoms with E-state index in [-0.39, 0.29) is 45.7 Å². The summed E-state index contributed by atoms with van der Waals surface area (Å²) in [6, 6.07) is 40.8. The minimum absolute atomic E-state index is 0.170. The highest BCUT2D eigenvalue weighted by atomic mass is 16.3. The van der Waals surface area contributed by atoms with Crippen molar-refractivity contribution < 1.29 is 15.4 Å². The fourth-order valence-electron chi connectivity index (χ4n) is 7.97.